The Morgan fingerprint density at radius 2 is 1.41 bits per heavy atom. The molecule has 0 bridgehead atoms. The summed E-state index contributed by atoms with van der Waals surface area (Å²) in [5, 5.41) is 2.74. The molecule has 0 aliphatic rings. The fourth-order valence-electron chi connectivity index (χ4n) is 4.62. The number of amides is 3. The van der Waals surface area contributed by atoms with Crippen molar-refractivity contribution < 1.29 is 23.9 Å². The highest BCUT2D eigenvalue weighted by Crippen LogP contribution is 2.29. The van der Waals surface area contributed by atoms with Gasteiger partial charge in [-0.05, 0) is 68.9 Å². The predicted molar refractivity (Wildman–Crippen MR) is 159 cm³/mol. The van der Waals surface area contributed by atoms with Crippen molar-refractivity contribution in [1.29, 1.82) is 0 Å². The molecule has 0 aliphatic heterocycles. The van der Waals surface area contributed by atoms with Gasteiger partial charge >= 0.3 is 6.09 Å². The molecule has 0 saturated heterocycles. The highest BCUT2D eigenvalue weighted by Gasteiger charge is 2.34. The number of carbonyl (C=O) groups excluding carboxylic acids is 3. The Balaban J connectivity index is 1.86. The molecule has 3 N–H and O–H groups in total. The third-order valence-electron chi connectivity index (χ3n) is 6.59. The Labute approximate surface area is 242 Å². The number of hydrogen-bond donors (Lipinski definition) is 2. The van der Waals surface area contributed by atoms with Crippen LogP contribution in [0.4, 0.5) is 4.79 Å². The van der Waals surface area contributed by atoms with Gasteiger partial charge in [0.2, 0.25) is 11.8 Å². The fraction of sp³-hybridized carbons (Fsp3) is 0.364. The van der Waals surface area contributed by atoms with E-state index in [2.05, 4.69) is 5.32 Å². The average Bonchev–Trinajstić information content (AvgIpc) is 2.94. The zero-order valence-corrected chi connectivity index (χ0v) is 24.3. The topological polar surface area (TPSA) is 111 Å². The number of nitrogens with one attached hydrogen (secondary N) is 1. The minimum Gasteiger partial charge on any atom is -0.497 e. The van der Waals surface area contributed by atoms with Gasteiger partial charge in [-0.3, -0.25) is 9.59 Å². The molecule has 41 heavy (non-hydrogen) atoms. The molecule has 0 unspecified atom stereocenters. The molecule has 0 fully saturated rings. The van der Waals surface area contributed by atoms with Gasteiger partial charge in [0.25, 0.3) is 0 Å². The molecule has 8 heteroatoms. The summed E-state index contributed by atoms with van der Waals surface area (Å²) in [6.07, 6.45) is 1.02. The summed E-state index contributed by atoms with van der Waals surface area (Å²) in [6.45, 7) is 5.98. The first-order valence-electron chi connectivity index (χ1n) is 13.9. The highest BCUT2D eigenvalue weighted by molar-refractivity contribution is 5.92. The number of ether oxygens (including phenoxy) is 2. The summed E-state index contributed by atoms with van der Waals surface area (Å²) in [5.74, 6) is -0.714. The maximum atomic E-state index is 14.4. The van der Waals surface area contributed by atoms with Crippen LogP contribution < -0.4 is 15.8 Å². The minimum absolute atomic E-state index is 0.197. The molecule has 8 nitrogen and oxygen atoms in total. The molecule has 0 aliphatic carbocycles. The molecular formula is C33H41N3O5. The summed E-state index contributed by atoms with van der Waals surface area (Å²) in [4.78, 5) is 40.9. The van der Waals surface area contributed by atoms with E-state index in [0.717, 1.165) is 16.7 Å². The van der Waals surface area contributed by atoms with Crippen molar-refractivity contribution in [3.63, 3.8) is 0 Å². The number of unbranched alkanes of at least 4 members (excludes halogenated alkanes) is 1. The Morgan fingerprint density at radius 3 is 1.90 bits per heavy atom. The summed E-state index contributed by atoms with van der Waals surface area (Å²) in [6, 6.07) is 25.6. The molecule has 0 heterocycles. The van der Waals surface area contributed by atoms with Gasteiger partial charge in [0.05, 0.1) is 13.0 Å². The zero-order valence-electron chi connectivity index (χ0n) is 24.3. The molecular weight excluding hydrogens is 518 g/mol. The predicted octanol–water partition coefficient (Wildman–Crippen LogP) is 5.40. The van der Waals surface area contributed by atoms with Gasteiger partial charge in [-0.25, -0.2) is 4.79 Å². The number of primary amides is 1. The third kappa shape index (κ3) is 9.67. The van der Waals surface area contributed by atoms with E-state index in [4.69, 9.17) is 15.2 Å². The largest absolute Gasteiger partial charge is 0.497 e. The van der Waals surface area contributed by atoms with Gasteiger partial charge in [-0.1, -0.05) is 72.8 Å². The van der Waals surface area contributed by atoms with Gasteiger partial charge in [0.15, 0.2) is 0 Å². The molecule has 1 atom stereocenters. The number of alkyl carbamates (subject to hydrolysis) is 1. The number of hydrogen-bond acceptors (Lipinski definition) is 5. The van der Waals surface area contributed by atoms with Crippen LogP contribution in [0.25, 0.3) is 0 Å². The number of methoxy groups -OCH3 is 1. The van der Waals surface area contributed by atoms with Crippen LogP contribution in [0, 0.1) is 0 Å². The van der Waals surface area contributed by atoms with Gasteiger partial charge < -0.3 is 25.4 Å². The number of nitrogens with two attached hydrogens (primary N) is 1. The van der Waals surface area contributed by atoms with E-state index >= 15 is 0 Å². The number of nitrogens with zero attached hydrogens (tertiary/aromatic N) is 1. The Bertz CT molecular complexity index is 1220. The minimum atomic E-state index is -0.846. The van der Waals surface area contributed by atoms with Gasteiger partial charge in [0, 0.05) is 13.1 Å². The smallest absolute Gasteiger partial charge is 0.407 e. The normalized spacial score (nSPS) is 11.9. The lowest BCUT2D eigenvalue weighted by Crippen LogP contribution is -2.49. The number of rotatable bonds is 13. The first kappa shape index (κ1) is 31.2. The number of benzene rings is 3. The number of carbonyl (C=O) groups is 3. The lowest BCUT2D eigenvalue weighted by atomic mass is 9.89. The summed E-state index contributed by atoms with van der Waals surface area (Å²) in [7, 11) is 1.59. The lowest BCUT2D eigenvalue weighted by Gasteiger charge is -2.33. The monoisotopic (exact) mass is 559 g/mol. The lowest BCUT2D eigenvalue weighted by molar-refractivity contribution is -0.141. The first-order valence-corrected chi connectivity index (χ1v) is 13.9. The maximum absolute atomic E-state index is 14.4. The molecule has 0 radical (unpaired) electrons. The van der Waals surface area contributed by atoms with Crippen LogP contribution in [0.1, 0.15) is 62.6 Å². The van der Waals surface area contributed by atoms with E-state index in [9.17, 15) is 14.4 Å². The van der Waals surface area contributed by atoms with Crippen molar-refractivity contribution in [3.05, 3.63) is 102 Å². The second-order valence-electron chi connectivity index (χ2n) is 10.9. The molecule has 218 valence electrons. The van der Waals surface area contributed by atoms with Crippen LogP contribution in [0.15, 0.2) is 84.9 Å². The summed E-state index contributed by atoms with van der Waals surface area (Å²) >= 11 is 0. The van der Waals surface area contributed by atoms with Gasteiger partial charge in [-0.2, -0.15) is 0 Å². The molecule has 3 rings (SSSR count). The van der Waals surface area contributed by atoms with Crippen molar-refractivity contribution >= 4 is 17.9 Å². The Morgan fingerprint density at radius 1 is 0.854 bits per heavy atom. The second kappa shape index (κ2) is 14.9. The standard InChI is InChI=1S/C33H41N3O5/c1-33(2,3)41-32(39)35-22-12-11-17-28(30(34)37)36(23-24-18-20-27(40-4)21-19-24)31(38)29(25-13-7-5-8-14-25)26-15-9-6-10-16-26/h5-10,13-16,18-21,28-29H,11-12,17,22-23H2,1-4H3,(H2,34,37)(H,35,39)/t28-/m1/s1. The van der Waals surface area contributed by atoms with Crippen LogP contribution in [-0.4, -0.2) is 48.1 Å². The van der Waals surface area contributed by atoms with Crippen LogP contribution in [0.3, 0.4) is 0 Å². The summed E-state index contributed by atoms with van der Waals surface area (Å²) in [5.41, 5.74) is 7.85. The fourth-order valence-corrected chi connectivity index (χ4v) is 4.62. The van der Waals surface area contributed by atoms with Crippen molar-refractivity contribution in [2.45, 2.75) is 64.1 Å². The Kier molecular flexibility index (Phi) is 11.3. The van der Waals surface area contributed by atoms with E-state index in [-0.39, 0.29) is 12.5 Å². The molecule has 3 aromatic carbocycles. The highest BCUT2D eigenvalue weighted by atomic mass is 16.6. The molecule has 3 amide bonds. The van der Waals surface area contributed by atoms with E-state index in [1.807, 2.05) is 84.9 Å². The first-order chi connectivity index (χ1) is 19.6. The molecule has 0 saturated carbocycles. The van der Waals surface area contributed by atoms with E-state index in [0.29, 0.717) is 31.6 Å². The third-order valence-corrected chi connectivity index (χ3v) is 6.59. The maximum Gasteiger partial charge on any atom is 0.407 e. The van der Waals surface area contributed by atoms with Crippen molar-refractivity contribution in [2.75, 3.05) is 13.7 Å². The van der Waals surface area contributed by atoms with E-state index < -0.39 is 29.6 Å². The summed E-state index contributed by atoms with van der Waals surface area (Å²) < 4.78 is 10.6. The molecule has 0 spiro atoms. The van der Waals surface area contributed by atoms with E-state index in [1.54, 1.807) is 32.8 Å². The quantitative estimate of drug-likeness (QED) is 0.272. The van der Waals surface area contributed by atoms with E-state index in [1.165, 1.54) is 0 Å². The Hall–Kier alpha value is -4.33. The van der Waals surface area contributed by atoms with Crippen molar-refractivity contribution in [2.24, 2.45) is 5.73 Å². The molecule has 0 aromatic heterocycles. The zero-order chi connectivity index (χ0) is 29.8. The second-order valence-corrected chi connectivity index (χ2v) is 10.9. The van der Waals surface area contributed by atoms with Crippen molar-refractivity contribution in [3.8, 4) is 5.75 Å². The van der Waals surface area contributed by atoms with Gasteiger partial charge in [0.1, 0.15) is 17.4 Å². The van der Waals surface area contributed by atoms with Gasteiger partial charge in [-0.15, -0.1) is 0 Å². The van der Waals surface area contributed by atoms with Crippen LogP contribution in [0.5, 0.6) is 5.75 Å². The average molecular weight is 560 g/mol. The molecule has 3 aromatic rings. The van der Waals surface area contributed by atoms with Crippen LogP contribution in [-0.2, 0) is 20.9 Å². The van der Waals surface area contributed by atoms with Crippen LogP contribution >= 0.6 is 0 Å². The SMILES string of the molecule is COc1ccc(CN(C(=O)C(c2ccccc2)c2ccccc2)[C@H](CCCCNC(=O)OC(C)(C)C)C(N)=O)cc1. The van der Waals surface area contributed by atoms with Crippen LogP contribution in [0.2, 0.25) is 0 Å². The van der Waals surface area contributed by atoms with Crippen molar-refractivity contribution in [1.82, 2.24) is 10.2 Å².